The molecular weight excluding hydrogens is 719 g/mol. The van der Waals surface area contributed by atoms with Crippen LogP contribution < -0.4 is 9.42 Å². The van der Waals surface area contributed by atoms with Gasteiger partial charge in [0.15, 0.2) is 0 Å². The number of hydrogen-bond acceptors (Lipinski definition) is 7. The van der Waals surface area contributed by atoms with E-state index in [-0.39, 0.29) is 23.6 Å². The molecule has 7 rings (SSSR count). The van der Waals surface area contributed by atoms with Crippen LogP contribution in [-0.4, -0.2) is 84.6 Å². The van der Waals surface area contributed by atoms with Crippen LogP contribution in [0, 0.1) is 6.92 Å². The van der Waals surface area contributed by atoms with Crippen molar-refractivity contribution < 1.29 is 33.2 Å². The lowest BCUT2D eigenvalue weighted by Gasteiger charge is -2.40. The molecule has 0 radical (unpaired) electrons. The summed E-state index contributed by atoms with van der Waals surface area (Å²) in [7, 11) is -1.20. The van der Waals surface area contributed by atoms with Crippen LogP contribution in [0.2, 0.25) is 5.02 Å². The topological polar surface area (TPSA) is 143 Å². The van der Waals surface area contributed by atoms with E-state index in [9.17, 15) is 23.9 Å². The Balaban J connectivity index is 1.25. The minimum Gasteiger partial charge on any atom is -0.404 e. The first kappa shape index (κ1) is 36.6. The van der Waals surface area contributed by atoms with Gasteiger partial charge >= 0.3 is 7.82 Å². The number of anilines is 2. The van der Waals surface area contributed by atoms with Gasteiger partial charge in [-0.3, -0.25) is 33.9 Å². The number of phosphoric ester groups is 1. The zero-order valence-electron chi connectivity index (χ0n) is 29.6. The molecule has 1 saturated heterocycles. The van der Waals surface area contributed by atoms with E-state index in [0.29, 0.717) is 64.2 Å². The normalized spacial score (nSPS) is 16.3. The number of ether oxygens (including phenoxy) is 1. The quantitative estimate of drug-likeness (QED) is 0.180. The van der Waals surface area contributed by atoms with Crippen LogP contribution in [0.15, 0.2) is 85.2 Å². The van der Waals surface area contributed by atoms with Crippen LogP contribution in [0.3, 0.4) is 0 Å². The maximum Gasteiger partial charge on any atom is 0.524 e. The van der Waals surface area contributed by atoms with Crippen LogP contribution in [-0.2, 0) is 36.4 Å². The lowest BCUT2D eigenvalue weighted by molar-refractivity contribution is 0.0193. The number of nitrogens with zero attached hydrogens (tertiary/aromatic N) is 6. The Morgan fingerprint density at radius 2 is 1.70 bits per heavy atom. The number of benzene rings is 3. The molecule has 0 saturated carbocycles. The van der Waals surface area contributed by atoms with E-state index in [0.717, 1.165) is 31.6 Å². The maximum atomic E-state index is 14.8. The number of carbonyl (C=O) groups excluding carboxylic acids is 2. The lowest BCUT2D eigenvalue weighted by Crippen LogP contribution is -2.52. The van der Waals surface area contributed by atoms with Gasteiger partial charge in [0.2, 0.25) is 0 Å². The van der Waals surface area contributed by atoms with E-state index in [2.05, 4.69) is 22.1 Å². The van der Waals surface area contributed by atoms with E-state index in [1.54, 1.807) is 48.4 Å². The van der Waals surface area contributed by atoms with Crippen LogP contribution >= 0.6 is 19.4 Å². The second-order valence-corrected chi connectivity index (χ2v) is 14.9. The molecule has 4 heterocycles. The summed E-state index contributed by atoms with van der Waals surface area (Å²) in [5.41, 5.74) is 5.99. The Bertz CT molecular complexity index is 2210. The summed E-state index contributed by atoms with van der Waals surface area (Å²) in [6.45, 7) is 5.99. The van der Waals surface area contributed by atoms with Gasteiger partial charge in [-0.15, -0.1) is 0 Å². The van der Waals surface area contributed by atoms with Gasteiger partial charge in [-0.25, -0.2) is 4.57 Å². The van der Waals surface area contributed by atoms with Gasteiger partial charge in [0.25, 0.3) is 11.8 Å². The molecule has 1 fully saturated rings. The van der Waals surface area contributed by atoms with Crippen molar-refractivity contribution in [3.8, 4) is 17.0 Å². The second kappa shape index (κ2) is 14.9. The van der Waals surface area contributed by atoms with E-state index < -0.39 is 7.82 Å². The number of aryl methyl sites for hydroxylation is 1. The van der Waals surface area contributed by atoms with Crippen molar-refractivity contribution in [3.63, 3.8) is 0 Å². The van der Waals surface area contributed by atoms with E-state index in [4.69, 9.17) is 20.9 Å². The predicted octanol–water partition coefficient (Wildman–Crippen LogP) is 5.74. The number of aromatic nitrogens is 3. The number of phosphoric acid groups is 1. The van der Waals surface area contributed by atoms with Gasteiger partial charge in [0, 0.05) is 85.7 Å². The number of halogens is 1. The highest BCUT2D eigenvalue weighted by atomic mass is 35.5. The molecule has 2 amide bonds. The van der Waals surface area contributed by atoms with E-state index in [1.807, 2.05) is 35.6 Å². The molecule has 15 heteroatoms. The monoisotopic (exact) mass is 758 g/mol. The Morgan fingerprint density at radius 3 is 2.38 bits per heavy atom. The molecule has 1 atom stereocenters. The minimum absolute atomic E-state index is 0.0543. The smallest absolute Gasteiger partial charge is 0.404 e. The fraction of sp³-hybridized carbons (Fsp3) is 0.289. The van der Waals surface area contributed by atoms with Gasteiger partial charge in [-0.2, -0.15) is 5.10 Å². The van der Waals surface area contributed by atoms with Crippen molar-refractivity contribution in [2.24, 2.45) is 14.1 Å². The molecule has 0 spiro atoms. The Morgan fingerprint density at radius 1 is 0.981 bits per heavy atom. The lowest BCUT2D eigenvalue weighted by atomic mass is 9.92. The second-order valence-electron chi connectivity index (χ2n) is 13.3. The summed E-state index contributed by atoms with van der Waals surface area (Å²) in [6, 6.07) is 21.1. The summed E-state index contributed by atoms with van der Waals surface area (Å²) >= 11 is 6.61. The fourth-order valence-corrected chi connectivity index (χ4v) is 7.70. The molecule has 5 aromatic rings. The Kier molecular flexibility index (Phi) is 10.3. The zero-order valence-corrected chi connectivity index (χ0v) is 31.2. The number of morpholine rings is 1. The van der Waals surface area contributed by atoms with Crippen molar-refractivity contribution in [1.82, 2.24) is 24.1 Å². The van der Waals surface area contributed by atoms with Crippen LogP contribution in [0.25, 0.3) is 11.3 Å². The highest BCUT2D eigenvalue weighted by molar-refractivity contribution is 7.46. The molecule has 2 N–H and O–H groups in total. The highest BCUT2D eigenvalue weighted by Crippen LogP contribution is 2.39. The number of hydrogen-bond donors (Lipinski definition) is 2. The highest BCUT2D eigenvalue weighted by Gasteiger charge is 2.34. The van der Waals surface area contributed by atoms with Gasteiger partial charge in [-0.05, 0) is 73.0 Å². The minimum atomic E-state index is -4.78. The average Bonchev–Trinajstić information content (AvgIpc) is 3.69. The fourth-order valence-electron chi connectivity index (χ4n) is 7.14. The standard InChI is InChI=1S/C38H40ClN6O7P/c1-25-34(38(47)45(31-21-40-41(2)23-31)29-9-11-32(12-10-29)52-53(48,49)50)20-36(42(25)3)35-19-28(39)8-13-33(35)37(46)44-22-27-7-5-4-6-26(27)18-30(44)24-43-14-16-51-17-15-43/h4-13,19-21,23,30H,14-18,22,24H2,1-3H3,(H2,48,49,50)/t30-/m0/s1. The first-order chi connectivity index (χ1) is 25.4. The first-order valence-electron chi connectivity index (χ1n) is 17.2. The molecular formula is C38H40ClN6O7P. The van der Waals surface area contributed by atoms with Gasteiger partial charge in [-0.1, -0.05) is 35.9 Å². The van der Waals surface area contributed by atoms with Crippen molar-refractivity contribution in [3.05, 3.63) is 118 Å². The van der Waals surface area contributed by atoms with Gasteiger partial charge < -0.3 is 18.7 Å². The van der Waals surface area contributed by atoms with E-state index >= 15 is 0 Å². The summed E-state index contributed by atoms with van der Waals surface area (Å²) in [5.74, 6) is -0.554. The summed E-state index contributed by atoms with van der Waals surface area (Å²) in [6.07, 6.45) is 3.98. The third-order valence-electron chi connectivity index (χ3n) is 9.91. The molecule has 3 aromatic carbocycles. The number of carbonyl (C=O) groups is 2. The van der Waals surface area contributed by atoms with Gasteiger partial charge in [0.1, 0.15) is 5.75 Å². The Hall–Kier alpha value is -4.75. The number of fused-ring (bicyclic) bond motifs is 1. The van der Waals surface area contributed by atoms with Crippen LogP contribution in [0.5, 0.6) is 5.75 Å². The largest absolute Gasteiger partial charge is 0.524 e. The summed E-state index contributed by atoms with van der Waals surface area (Å²) in [5, 5.41) is 4.71. The molecule has 2 aromatic heterocycles. The predicted molar refractivity (Wildman–Crippen MR) is 200 cm³/mol. The Labute approximate surface area is 312 Å². The van der Waals surface area contributed by atoms with Crippen LogP contribution in [0.1, 0.15) is 37.5 Å². The SMILES string of the molecule is Cc1c(C(=O)N(c2ccc(OP(=O)(O)O)cc2)c2cnn(C)c2)cc(-c2cc(Cl)ccc2C(=O)N2Cc3ccccc3C[C@H]2CN2CCOCC2)n1C. The first-order valence-corrected chi connectivity index (χ1v) is 19.1. The zero-order chi connectivity index (χ0) is 37.4. The van der Waals surface area contributed by atoms with Crippen molar-refractivity contribution in [1.29, 1.82) is 0 Å². The molecule has 0 aliphatic carbocycles. The van der Waals surface area contributed by atoms with Crippen molar-refractivity contribution in [2.45, 2.75) is 25.9 Å². The van der Waals surface area contributed by atoms with Crippen LogP contribution in [0.4, 0.5) is 11.4 Å². The van der Waals surface area contributed by atoms with Crippen molar-refractivity contribution in [2.75, 3.05) is 37.7 Å². The molecule has 276 valence electrons. The summed E-state index contributed by atoms with van der Waals surface area (Å²) < 4.78 is 25.2. The van der Waals surface area contributed by atoms with E-state index in [1.165, 1.54) is 34.7 Å². The molecule has 13 nitrogen and oxygen atoms in total. The molecule has 0 bridgehead atoms. The molecule has 0 unspecified atom stereocenters. The van der Waals surface area contributed by atoms with Gasteiger partial charge in [0.05, 0.1) is 30.7 Å². The van der Waals surface area contributed by atoms with Crippen molar-refractivity contribution >= 4 is 42.6 Å². The number of rotatable bonds is 9. The number of amides is 2. The average molecular weight is 759 g/mol. The third kappa shape index (κ3) is 7.82. The molecule has 2 aliphatic rings. The third-order valence-corrected chi connectivity index (χ3v) is 10.6. The maximum absolute atomic E-state index is 14.8. The summed E-state index contributed by atoms with van der Waals surface area (Å²) in [4.78, 5) is 53.7. The molecule has 53 heavy (non-hydrogen) atoms. The molecule has 2 aliphatic heterocycles.